The Balaban J connectivity index is 0.000000128. The van der Waals surface area contributed by atoms with Gasteiger partial charge in [-0.2, -0.15) is 4.98 Å². The number of H-pyrrole nitrogens is 2. The van der Waals surface area contributed by atoms with Gasteiger partial charge in [0.25, 0.3) is 0 Å². The van der Waals surface area contributed by atoms with Gasteiger partial charge in [-0.15, -0.1) is 0 Å². The Labute approximate surface area is 173 Å². The molecule has 0 bridgehead atoms. The third-order valence-corrected chi connectivity index (χ3v) is 5.39. The molecule has 0 saturated heterocycles. The van der Waals surface area contributed by atoms with E-state index in [9.17, 15) is 9.59 Å². The summed E-state index contributed by atoms with van der Waals surface area (Å²) in [5, 5.41) is 6.23. The number of hydrogen-bond acceptors (Lipinski definition) is 8. The van der Waals surface area contributed by atoms with Crippen LogP contribution in [0.25, 0.3) is 0 Å². The predicted molar refractivity (Wildman–Crippen MR) is 113 cm³/mol. The van der Waals surface area contributed by atoms with Crippen molar-refractivity contribution in [2.45, 2.75) is 9.79 Å². The second-order valence-electron chi connectivity index (χ2n) is 6.30. The lowest BCUT2D eigenvalue weighted by Gasteiger charge is -2.19. The Hall–Kier alpha value is -4.05. The molecule has 6 rings (SSSR count). The van der Waals surface area contributed by atoms with E-state index in [2.05, 4.69) is 30.6 Å². The van der Waals surface area contributed by atoms with Crippen molar-refractivity contribution < 1.29 is 4.74 Å². The first-order chi connectivity index (χ1) is 14.7. The molecular formula is C20H14N6O3S. The molecule has 0 fully saturated rings. The minimum Gasteiger partial charge on any atom is -0.450 e. The predicted octanol–water partition coefficient (Wildman–Crippen LogP) is 3.60. The summed E-state index contributed by atoms with van der Waals surface area (Å²) in [6.07, 6.45) is 2.98. The third-order valence-electron chi connectivity index (χ3n) is 4.29. The van der Waals surface area contributed by atoms with Crippen LogP contribution in [0.15, 0.2) is 80.3 Å². The van der Waals surface area contributed by atoms with Gasteiger partial charge in [-0.1, -0.05) is 36.0 Å². The smallest absolute Gasteiger partial charge is 0.346 e. The summed E-state index contributed by atoms with van der Waals surface area (Å²) in [5.41, 5.74) is 1.11. The molecular weight excluding hydrogens is 404 g/mol. The van der Waals surface area contributed by atoms with Crippen LogP contribution < -0.4 is 26.7 Å². The topological polar surface area (TPSA) is 125 Å². The first kappa shape index (κ1) is 18.0. The number of ether oxygens (including phenoxy) is 1. The number of aromatic nitrogens is 4. The maximum atomic E-state index is 11.0. The van der Waals surface area contributed by atoms with Gasteiger partial charge in [-0.3, -0.25) is 9.97 Å². The second kappa shape index (κ2) is 7.41. The number of rotatable bonds is 0. The molecule has 2 aliphatic rings. The lowest BCUT2D eigenvalue weighted by Crippen LogP contribution is -2.14. The van der Waals surface area contributed by atoms with Crippen molar-refractivity contribution >= 4 is 34.8 Å². The van der Waals surface area contributed by atoms with Gasteiger partial charge in [0.15, 0.2) is 17.3 Å². The molecule has 2 aromatic carbocycles. The van der Waals surface area contributed by atoms with E-state index in [0.29, 0.717) is 11.6 Å². The van der Waals surface area contributed by atoms with E-state index in [-0.39, 0.29) is 5.69 Å². The highest BCUT2D eigenvalue weighted by molar-refractivity contribution is 7.99. The van der Waals surface area contributed by atoms with Crippen LogP contribution in [0.3, 0.4) is 0 Å². The maximum absolute atomic E-state index is 11.0. The van der Waals surface area contributed by atoms with Crippen molar-refractivity contribution in [3.05, 3.63) is 81.9 Å². The number of para-hydroxylation sites is 3. The molecule has 0 spiro atoms. The third kappa shape index (κ3) is 3.51. The van der Waals surface area contributed by atoms with Crippen LogP contribution in [0, 0.1) is 0 Å². The quantitative estimate of drug-likeness (QED) is 0.295. The molecule has 2 aliphatic heterocycles. The SMILES string of the molecule is O=c1ncc2c([nH]1)Nc1ccccc1O2.O=c1ncc2c([nH]1)Nc1ccccc1S2. The molecule has 4 N–H and O–H groups in total. The molecule has 0 aliphatic carbocycles. The molecule has 10 heteroatoms. The first-order valence-corrected chi connectivity index (χ1v) is 9.74. The number of anilines is 4. The minimum absolute atomic E-state index is 0.332. The van der Waals surface area contributed by atoms with Gasteiger partial charge in [0.1, 0.15) is 5.82 Å². The number of fused-ring (bicyclic) bond motifs is 4. The van der Waals surface area contributed by atoms with Crippen LogP contribution in [0.2, 0.25) is 0 Å². The van der Waals surface area contributed by atoms with Gasteiger partial charge in [-0.25, -0.2) is 14.6 Å². The first-order valence-electron chi connectivity index (χ1n) is 8.92. The van der Waals surface area contributed by atoms with Gasteiger partial charge in [0.2, 0.25) is 0 Å². The van der Waals surface area contributed by atoms with E-state index in [0.717, 1.165) is 32.7 Å². The zero-order valence-corrected chi connectivity index (χ0v) is 16.1. The van der Waals surface area contributed by atoms with Crippen molar-refractivity contribution in [2.75, 3.05) is 10.6 Å². The molecule has 4 heterocycles. The number of nitrogens with one attached hydrogen (secondary N) is 4. The van der Waals surface area contributed by atoms with Crippen LogP contribution in [0.5, 0.6) is 11.5 Å². The zero-order valence-electron chi connectivity index (χ0n) is 15.3. The Kier molecular flexibility index (Phi) is 4.45. The van der Waals surface area contributed by atoms with E-state index >= 15 is 0 Å². The van der Waals surface area contributed by atoms with Crippen molar-refractivity contribution in [3.8, 4) is 11.5 Å². The number of benzene rings is 2. The van der Waals surface area contributed by atoms with Crippen LogP contribution in [0.4, 0.5) is 23.0 Å². The normalized spacial score (nSPS) is 12.3. The summed E-state index contributed by atoms with van der Waals surface area (Å²) in [5.74, 6) is 2.50. The van der Waals surface area contributed by atoms with Gasteiger partial charge >= 0.3 is 11.4 Å². The highest BCUT2D eigenvalue weighted by Gasteiger charge is 2.17. The molecule has 30 heavy (non-hydrogen) atoms. The maximum Gasteiger partial charge on any atom is 0.346 e. The van der Waals surface area contributed by atoms with E-state index in [1.165, 1.54) is 6.20 Å². The highest BCUT2D eigenvalue weighted by atomic mass is 32.2. The summed E-state index contributed by atoms with van der Waals surface area (Å²) < 4.78 is 5.54. The molecule has 2 aromatic heterocycles. The fraction of sp³-hybridized carbons (Fsp3) is 0. The van der Waals surface area contributed by atoms with Gasteiger partial charge in [0, 0.05) is 4.90 Å². The highest BCUT2D eigenvalue weighted by Crippen LogP contribution is 2.42. The average Bonchev–Trinajstić information content (AvgIpc) is 2.76. The summed E-state index contributed by atoms with van der Waals surface area (Å²) in [7, 11) is 0. The van der Waals surface area contributed by atoms with Crippen molar-refractivity contribution in [3.63, 3.8) is 0 Å². The Morgan fingerprint density at radius 3 is 2.23 bits per heavy atom. The van der Waals surface area contributed by atoms with Crippen LogP contribution in [0.1, 0.15) is 0 Å². The summed E-state index contributed by atoms with van der Waals surface area (Å²) in [6, 6.07) is 15.4. The molecule has 0 amide bonds. The van der Waals surface area contributed by atoms with Crippen molar-refractivity contribution in [1.82, 2.24) is 19.9 Å². The standard InChI is InChI=1S/C10H7N3O2.C10H7N3OS/c2*14-10-11-5-8-9(13-10)12-6-3-1-2-4-7(6)15-8/h2*1-5H,(H2,11,12,13,14). The Bertz CT molecular complexity index is 1260. The Morgan fingerprint density at radius 1 is 0.700 bits per heavy atom. The van der Waals surface area contributed by atoms with Gasteiger partial charge < -0.3 is 15.4 Å². The van der Waals surface area contributed by atoms with Crippen molar-refractivity contribution in [1.29, 1.82) is 0 Å². The number of aromatic amines is 2. The minimum atomic E-state index is -0.399. The molecule has 4 aromatic rings. The van der Waals surface area contributed by atoms with Crippen LogP contribution in [-0.2, 0) is 0 Å². The Morgan fingerprint density at radius 2 is 1.37 bits per heavy atom. The zero-order chi connectivity index (χ0) is 20.5. The van der Waals surface area contributed by atoms with E-state index in [4.69, 9.17) is 4.74 Å². The van der Waals surface area contributed by atoms with Gasteiger partial charge in [-0.05, 0) is 24.3 Å². The molecule has 9 nitrogen and oxygen atoms in total. The molecule has 0 unspecified atom stereocenters. The molecule has 0 atom stereocenters. The van der Waals surface area contributed by atoms with E-state index < -0.39 is 5.69 Å². The van der Waals surface area contributed by atoms with Crippen molar-refractivity contribution in [2.24, 2.45) is 0 Å². The summed E-state index contributed by atoms with van der Waals surface area (Å²) in [4.78, 5) is 36.6. The molecule has 0 radical (unpaired) electrons. The fourth-order valence-corrected chi connectivity index (χ4v) is 3.85. The second-order valence-corrected chi connectivity index (χ2v) is 7.39. The van der Waals surface area contributed by atoms with Gasteiger partial charge in [0.05, 0.1) is 28.7 Å². The van der Waals surface area contributed by atoms with Crippen LogP contribution >= 0.6 is 11.8 Å². The number of nitrogens with zero attached hydrogens (tertiary/aromatic N) is 2. The lowest BCUT2D eigenvalue weighted by molar-refractivity contribution is 0.475. The fourth-order valence-electron chi connectivity index (χ4n) is 2.93. The summed E-state index contributed by atoms with van der Waals surface area (Å²) in [6.45, 7) is 0. The summed E-state index contributed by atoms with van der Waals surface area (Å²) >= 11 is 1.60. The van der Waals surface area contributed by atoms with E-state index in [1.54, 1.807) is 18.0 Å². The monoisotopic (exact) mass is 418 g/mol. The lowest BCUT2D eigenvalue weighted by atomic mass is 10.2. The molecule has 0 saturated carbocycles. The largest absolute Gasteiger partial charge is 0.450 e. The van der Waals surface area contributed by atoms with E-state index in [1.807, 2.05) is 48.5 Å². The average molecular weight is 418 g/mol. The number of hydrogen-bond donors (Lipinski definition) is 4. The van der Waals surface area contributed by atoms with Crippen LogP contribution in [-0.4, -0.2) is 19.9 Å². The molecule has 148 valence electrons.